The number of rotatable bonds is 4. The monoisotopic (exact) mass is 516 g/mol. The van der Waals surface area contributed by atoms with Gasteiger partial charge in [0.15, 0.2) is 5.89 Å². The Balaban J connectivity index is 2.38. The number of nitrogens with zero attached hydrogens (tertiary/aromatic N) is 1. The number of hydrogen-bond donors (Lipinski definition) is 3. The minimum absolute atomic E-state index is 0.243. The zero-order valence-corrected chi connectivity index (χ0v) is 23.3. The van der Waals surface area contributed by atoms with Gasteiger partial charge >= 0.3 is 0 Å². The summed E-state index contributed by atoms with van der Waals surface area (Å²) < 4.78 is 11.2. The predicted molar refractivity (Wildman–Crippen MR) is 144 cm³/mol. The Morgan fingerprint density at radius 2 is 1.97 bits per heavy atom. The molecule has 1 amide bonds. The van der Waals surface area contributed by atoms with Gasteiger partial charge < -0.3 is 24.7 Å². The molecule has 2 heterocycles. The summed E-state index contributed by atoms with van der Waals surface area (Å²) in [6, 6.07) is -0.331. The van der Waals surface area contributed by atoms with E-state index in [1.807, 2.05) is 39.0 Å². The van der Waals surface area contributed by atoms with Gasteiger partial charge in [-0.1, -0.05) is 37.6 Å². The SMILES string of the molecule is C/C=C/C[C@H]1C(=O)C(C)(C)[C@@H](O)CC(=O)N[C@H](/C(C)=C/c2coc(C)n2)C/C=C(/C)CCO[C@H](C)[C@H]1O. The van der Waals surface area contributed by atoms with Crippen molar-refractivity contribution in [2.45, 2.75) is 98.5 Å². The van der Waals surface area contributed by atoms with Crippen molar-refractivity contribution in [3.05, 3.63) is 47.2 Å². The topological polar surface area (TPSA) is 122 Å². The van der Waals surface area contributed by atoms with Gasteiger partial charge in [0.2, 0.25) is 5.91 Å². The lowest BCUT2D eigenvalue weighted by atomic mass is 9.72. The molecule has 8 nitrogen and oxygen atoms in total. The lowest BCUT2D eigenvalue weighted by Gasteiger charge is -2.35. The molecule has 0 spiro atoms. The van der Waals surface area contributed by atoms with E-state index in [-0.39, 0.29) is 24.2 Å². The van der Waals surface area contributed by atoms with Gasteiger partial charge in [0.25, 0.3) is 0 Å². The molecular weight excluding hydrogens is 472 g/mol. The van der Waals surface area contributed by atoms with Gasteiger partial charge in [0.05, 0.1) is 48.7 Å². The quantitative estimate of drug-likeness (QED) is 0.510. The van der Waals surface area contributed by atoms with Crippen molar-refractivity contribution in [2.24, 2.45) is 11.3 Å². The van der Waals surface area contributed by atoms with Crippen LogP contribution in [-0.4, -0.2) is 57.8 Å². The number of carbonyl (C=O) groups excluding carboxylic acids is 2. The number of aliphatic hydroxyl groups excluding tert-OH is 2. The van der Waals surface area contributed by atoms with Crippen LogP contribution in [-0.2, 0) is 14.3 Å². The molecule has 37 heavy (non-hydrogen) atoms. The molecule has 0 aliphatic carbocycles. The van der Waals surface area contributed by atoms with Gasteiger partial charge in [0.1, 0.15) is 17.7 Å². The van der Waals surface area contributed by atoms with Crippen molar-refractivity contribution in [3.63, 3.8) is 0 Å². The van der Waals surface area contributed by atoms with Gasteiger partial charge in [-0.25, -0.2) is 4.98 Å². The molecule has 0 radical (unpaired) electrons. The predicted octanol–water partition coefficient (Wildman–Crippen LogP) is 4.31. The Hall–Kier alpha value is -2.55. The van der Waals surface area contributed by atoms with E-state index in [9.17, 15) is 19.8 Å². The highest BCUT2D eigenvalue weighted by Crippen LogP contribution is 2.32. The fraction of sp³-hybridized carbons (Fsp3) is 0.621. The molecule has 3 N–H and O–H groups in total. The summed E-state index contributed by atoms with van der Waals surface area (Å²) >= 11 is 0. The molecule has 5 atom stereocenters. The van der Waals surface area contributed by atoms with Crippen LogP contribution in [0.5, 0.6) is 0 Å². The van der Waals surface area contributed by atoms with E-state index >= 15 is 0 Å². The van der Waals surface area contributed by atoms with Crippen molar-refractivity contribution in [3.8, 4) is 0 Å². The summed E-state index contributed by atoms with van der Waals surface area (Å²) in [5.74, 6) is -0.875. The Kier molecular flexibility index (Phi) is 11.5. The normalized spacial score (nSPS) is 30.7. The summed E-state index contributed by atoms with van der Waals surface area (Å²) in [7, 11) is 0. The van der Waals surface area contributed by atoms with Gasteiger partial charge in [-0.05, 0) is 58.6 Å². The van der Waals surface area contributed by atoms with Crippen LogP contribution in [0.15, 0.2) is 40.1 Å². The molecular formula is C29H44N2O6. The summed E-state index contributed by atoms with van der Waals surface area (Å²) in [4.78, 5) is 31.0. The summed E-state index contributed by atoms with van der Waals surface area (Å²) in [5, 5.41) is 25.1. The maximum atomic E-state index is 13.6. The second-order valence-corrected chi connectivity index (χ2v) is 10.6. The van der Waals surface area contributed by atoms with Crippen LogP contribution in [0.3, 0.4) is 0 Å². The number of allylic oxidation sites excluding steroid dienone is 2. The molecule has 0 bridgehead atoms. The first-order chi connectivity index (χ1) is 17.4. The van der Waals surface area contributed by atoms with Crippen molar-refractivity contribution >= 4 is 17.8 Å². The van der Waals surface area contributed by atoms with E-state index in [1.165, 1.54) is 0 Å². The fourth-order valence-electron chi connectivity index (χ4n) is 4.40. The van der Waals surface area contributed by atoms with E-state index in [0.29, 0.717) is 37.5 Å². The maximum absolute atomic E-state index is 13.6. The van der Waals surface area contributed by atoms with Gasteiger partial charge in [-0.15, -0.1) is 0 Å². The van der Waals surface area contributed by atoms with Crippen molar-refractivity contribution < 1.29 is 29.0 Å². The smallest absolute Gasteiger partial charge is 0.223 e. The standard InChI is InChI=1S/C29H44N2O6/c1-8-9-10-23-27(34)20(4)36-14-13-18(2)11-12-24(19(3)15-22-17-37-21(5)30-22)31-26(33)16-25(32)29(6,7)28(23)35/h8-9,11,15,17,20,23-25,27,32,34H,10,12-14,16H2,1-7H3,(H,31,33)/b9-8+,18-11-,19-15+/t20-,23-,24+,25+,27-/m1/s1. The van der Waals surface area contributed by atoms with Crippen LogP contribution in [0.2, 0.25) is 0 Å². The fourth-order valence-corrected chi connectivity index (χ4v) is 4.40. The Morgan fingerprint density at radius 1 is 1.27 bits per heavy atom. The van der Waals surface area contributed by atoms with Crippen LogP contribution in [0.4, 0.5) is 0 Å². The van der Waals surface area contributed by atoms with E-state index in [1.54, 1.807) is 34.0 Å². The second-order valence-electron chi connectivity index (χ2n) is 10.6. The number of aliphatic hydroxyl groups is 2. The third-order valence-electron chi connectivity index (χ3n) is 7.18. The summed E-state index contributed by atoms with van der Waals surface area (Å²) in [6.07, 6.45) is 7.57. The number of ether oxygens (including phenoxy) is 1. The number of amides is 1. The number of Topliss-reactive ketones (excluding diaryl/α,β-unsaturated/α-hetero) is 1. The number of aromatic nitrogens is 1. The largest absolute Gasteiger partial charge is 0.449 e. The van der Waals surface area contributed by atoms with E-state index in [2.05, 4.69) is 16.4 Å². The third-order valence-corrected chi connectivity index (χ3v) is 7.18. The van der Waals surface area contributed by atoms with E-state index < -0.39 is 29.6 Å². The van der Waals surface area contributed by atoms with Crippen LogP contribution in [0.25, 0.3) is 6.08 Å². The minimum atomic E-state index is -1.25. The molecule has 0 saturated carbocycles. The minimum Gasteiger partial charge on any atom is -0.449 e. The Labute approximate surface area is 220 Å². The molecule has 0 unspecified atom stereocenters. The Morgan fingerprint density at radius 3 is 2.59 bits per heavy atom. The second kappa shape index (κ2) is 13.8. The molecule has 2 rings (SSSR count). The first-order valence-electron chi connectivity index (χ1n) is 13.0. The average molecular weight is 517 g/mol. The number of ketones is 1. The first-order valence-corrected chi connectivity index (χ1v) is 13.0. The van der Waals surface area contributed by atoms with Gasteiger partial charge in [0, 0.05) is 6.92 Å². The number of hydrogen-bond acceptors (Lipinski definition) is 7. The number of aryl methyl sites for hydroxylation is 1. The van der Waals surface area contributed by atoms with Gasteiger partial charge in [-0.3, -0.25) is 9.59 Å². The molecule has 0 fully saturated rings. The maximum Gasteiger partial charge on any atom is 0.223 e. The molecule has 1 aliphatic heterocycles. The van der Waals surface area contributed by atoms with Crippen molar-refractivity contribution in [2.75, 3.05) is 6.61 Å². The van der Waals surface area contributed by atoms with Crippen LogP contribution >= 0.6 is 0 Å². The third kappa shape index (κ3) is 8.76. The highest BCUT2D eigenvalue weighted by Gasteiger charge is 2.43. The van der Waals surface area contributed by atoms with Gasteiger partial charge in [-0.2, -0.15) is 0 Å². The molecule has 1 aliphatic rings. The molecule has 0 saturated heterocycles. The lowest BCUT2D eigenvalue weighted by Crippen LogP contribution is -2.49. The molecule has 206 valence electrons. The Bertz CT molecular complexity index is 1010. The summed E-state index contributed by atoms with van der Waals surface area (Å²) in [6.45, 7) is 12.9. The van der Waals surface area contributed by atoms with Crippen LogP contribution in [0.1, 0.15) is 78.8 Å². The number of nitrogens with one attached hydrogen (secondary N) is 1. The molecule has 1 aromatic heterocycles. The summed E-state index contributed by atoms with van der Waals surface area (Å²) in [5.41, 5.74) is 1.38. The van der Waals surface area contributed by atoms with Crippen molar-refractivity contribution in [1.29, 1.82) is 0 Å². The first kappa shape index (κ1) is 30.7. The molecule has 1 aromatic rings. The zero-order valence-electron chi connectivity index (χ0n) is 23.3. The lowest BCUT2D eigenvalue weighted by molar-refractivity contribution is -0.146. The molecule has 8 heteroatoms. The van der Waals surface area contributed by atoms with E-state index in [0.717, 1.165) is 11.1 Å². The zero-order chi connectivity index (χ0) is 27.8. The van der Waals surface area contributed by atoms with Crippen molar-refractivity contribution in [1.82, 2.24) is 10.3 Å². The highest BCUT2D eigenvalue weighted by molar-refractivity contribution is 5.88. The average Bonchev–Trinajstić information content (AvgIpc) is 3.24. The number of oxazole rings is 1. The highest BCUT2D eigenvalue weighted by atomic mass is 16.5. The molecule has 0 aromatic carbocycles. The number of carbonyl (C=O) groups is 2. The van der Waals surface area contributed by atoms with Crippen LogP contribution < -0.4 is 5.32 Å². The van der Waals surface area contributed by atoms with Crippen LogP contribution in [0, 0.1) is 18.3 Å². The van der Waals surface area contributed by atoms with E-state index in [4.69, 9.17) is 9.15 Å².